The second kappa shape index (κ2) is 3.05. The zero-order valence-corrected chi connectivity index (χ0v) is 4.64. The fraction of sp³-hybridized carbons (Fsp3) is 0. The Bertz CT molecular complexity index is 65.3. The Kier molecular flexibility index (Phi) is 2.97. The van der Waals surface area contributed by atoms with Gasteiger partial charge in [-0.25, -0.2) is 0 Å². The lowest BCUT2D eigenvalue weighted by Gasteiger charge is -1.38. The Balaban J connectivity index is 0.000000250. The monoisotopic (exact) mass is 121 g/mol. The molecule has 0 saturated heterocycles. The molecular formula is CH3N3S2. The van der Waals surface area contributed by atoms with Crippen molar-refractivity contribution in [2.45, 2.75) is 0 Å². The van der Waals surface area contributed by atoms with Crippen LogP contribution in [0.15, 0.2) is 5.51 Å². The minimum absolute atomic E-state index is 0. The number of hydrogen-bond acceptors (Lipinski definition) is 4. The van der Waals surface area contributed by atoms with Crippen LogP contribution in [0.1, 0.15) is 0 Å². The van der Waals surface area contributed by atoms with E-state index in [0.29, 0.717) is 0 Å². The Labute approximate surface area is 46.0 Å². The molecule has 0 spiro atoms. The SMILES string of the molecule is S.c1nnns1. The van der Waals surface area contributed by atoms with Crippen LogP contribution in [-0.4, -0.2) is 14.8 Å². The maximum atomic E-state index is 3.40. The van der Waals surface area contributed by atoms with Crippen molar-refractivity contribution in [3.8, 4) is 0 Å². The molecule has 0 fully saturated rings. The topological polar surface area (TPSA) is 38.7 Å². The molecule has 0 unspecified atom stereocenters. The van der Waals surface area contributed by atoms with Crippen molar-refractivity contribution >= 4 is 25.0 Å². The number of hydrogen-bond donors (Lipinski definition) is 0. The van der Waals surface area contributed by atoms with Crippen LogP contribution in [0.2, 0.25) is 0 Å². The molecule has 0 N–H and O–H groups in total. The van der Waals surface area contributed by atoms with E-state index in [1.807, 2.05) is 0 Å². The predicted molar refractivity (Wildman–Crippen MR) is 28.1 cm³/mol. The molecule has 0 aliphatic rings. The van der Waals surface area contributed by atoms with Crippen molar-refractivity contribution in [1.29, 1.82) is 0 Å². The molecule has 0 radical (unpaired) electrons. The van der Waals surface area contributed by atoms with Crippen LogP contribution < -0.4 is 0 Å². The Morgan fingerprint density at radius 2 is 2.33 bits per heavy atom. The van der Waals surface area contributed by atoms with Crippen molar-refractivity contribution in [2.75, 3.05) is 0 Å². The van der Waals surface area contributed by atoms with Crippen molar-refractivity contribution in [1.82, 2.24) is 14.8 Å². The molecule has 5 heteroatoms. The minimum atomic E-state index is 0. The summed E-state index contributed by atoms with van der Waals surface area (Å²) < 4.78 is 3.40. The fourth-order valence-corrected chi connectivity index (χ4v) is 0.316. The van der Waals surface area contributed by atoms with Crippen LogP contribution in [0.4, 0.5) is 0 Å². The molecule has 34 valence electrons. The Morgan fingerprint density at radius 3 is 2.50 bits per heavy atom. The lowest BCUT2D eigenvalue weighted by molar-refractivity contribution is 0.958. The largest absolute Gasteiger partial charge is 0.197 e. The Morgan fingerprint density at radius 1 is 1.50 bits per heavy atom. The second-order valence-electron chi connectivity index (χ2n) is 0.497. The molecule has 0 saturated carbocycles. The summed E-state index contributed by atoms with van der Waals surface area (Å²) in [5.74, 6) is 0. The van der Waals surface area contributed by atoms with Crippen molar-refractivity contribution in [3.63, 3.8) is 0 Å². The maximum Gasteiger partial charge on any atom is 0.125 e. The predicted octanol–water partition coefficient (Wildman–Crippen LogP) is 0.0459. The number of rotatable bonds is 0. The van der Waals surface area contributed by atoms with Crippen LogP contribution in [0.3, 0.4) is 0 Å². The summed E-state index contributed by atoms with van der Waals surface area (Å²) in [5.41, 5.74) is 1.57. The van der Waals surface area contributed by atoms with Crippen molar-refractivity contribution in [2.24, 2.45) is 0 Å². The van der Waals surface area contributed by atoms with Crippen LogP contribution >= 0.6 is 25.0 Å². The van der Waals surface area contributed by atoms with E-state index in [1.54, 1.807) is 5.51 Å². The molecule has 1 aromatic rings. The van der Waals surface area contributed by atoms with Gasteiger partial charge in [0.05, 0.1) is 0 Å². The van der Waals surface area contributed by atoms with Gasteiger partial charge in [-0.05, 0) is 5.21 Å². The lowest BCUT2D eigenvalue weighted by Crippen LogP contribution is -1.61. The van der Waals surface area contributed by atoms with Gasteiger partial charge in [0.1, 0.15) is 5.51 Å². The summed E-state index contributed by atoms with van der Waals surface area (Å²) >= 11 is 1.24. The highest BCUT2D eigenvalue weighted by Crippen LogP contribution is 1.72. The zero-order chi connectivity index (χ0) is 3.54. The van der Waals surface area contributed by atoms with Gasteiger partial charge in [0.15, 0.2) is 0 Å². The summed E-state index contributed by atoms with van der Waals surface area (Å²) in [7, 11) is 0. The highest BCUT2D eigenvalue weighted by atomic mass is 32.1. The first-order valence-corrected chi connectivity index (χ1v) is 1.91. The van der Waals surface area contributed by atoms with Gasteiger partial charge in [-0.2, -0.15) is 13.5 Å². The normalized spacial score (nSPS) is 6.67. The van der Waals surface area contributed by atoms with Gasteiger partial charge in [-0.15, -0.1) is 5.10 Å². The van der Waals surface area contributed by atoms with Crippen LogP contribution in [0, 0.1) is 0 Å². The van der Waals surface area contributed by atoms with Gasteiger partial charge in [-0.3, -0.25) is 0 Å². The van der Waals surface area contributed by atoms with Crippen LogP contribution in [0.5, 0.6) is 0 Å². The molecule has 1 rings (SSSR count). The van der Waals surface area contributed by atoms with Gasteiger partial charge in [0.2, 0.25) is 0 Å². The summed E-state index contributed by atoms with van der Waals surface area (Å²) in [5, 5.41) is 6.62. The fourth-order valence-electron chi connectivity index (χ4n) is 0.105. The lowest BCUT2D eigenvalue weighted by atomic mass is 11.7. The molecule has 0 aromatic carbocycles. The first-order valence-electron chi connectivity index (χ1n) is 1.08. The van der Waals surface area contributed by atoms with E-state index in [0.717, 1.165) is 0 Å². The molecule has 1 heterocycles. The van der Waals surface area contributed by atoms with Gasteiger partial charge in [-0.1, -0.05) is 4.49 Å². The molecule has 0 atom stereocenters. The molecule has 6 heavy (non-hydrogen) atoms. The molecule has 0 aliphatic heterocycles. The van der Waals surface area contributed by atoms with Crippen LogP contribution in [0.25, 0.3) is 0 Å². The van der Waals surface area contributed by atoms with E-state index >= 15 is 0 Å². The highest BCUT2D eigenvalue weighted by molar-refractivity contribution is 7.59. The smallest absolute Gasteiger partial charge is 0.125 e. The Hall–Kier alpha value is -0.160. The first-order chi connectivity index (χ1) is 2.50. The number of aromatic nitrogens is 3. The van der Waals surface area contributed by atoms with Gasteiger partial charge >= 0.3 is 0 Å². The molecule has 0 bridgehead atoms. The van der Waals surface area contributed by atoms with Gasteiger partial charge in [0, 0.05) is 11.5 Å². The highest BCUT2D eigenvalue weighted by Gasteiger charge is 1.62. The van der Waals surface area contributed by atoms with E-state index < -0.39 is 0 Å². The third kappa shape index (κ3) is 1.32. The molecule has 1 aromatic heterocycles. The second-order valence-corrected chi connectivity index (χ2v) is 1.08. The van der Waals surface area contributed by atoms with Gasteiger partial charge < -0.3 is 0 Å². The summed E-state index contributed by atoms with van der Waals surface area (Å²) in [6.45, 7) is 0. The average Bonchev–Trinajstić information content (AvgIpc) is 1.76. The standard InChI is InChI=1S/CHN3S.H2S/c1-2-3-4-5-1;/h1H;1H2. The third-order valence-electron chi connectivity index (χ3n) is 0.230. The number of nitrogens with zero attached hydrogens (tertiary/aromatic N) is 3. The van der Waals surface area contributed by atoms with E-state index in [9.17, 15) is 0 Å². The molecule has 0 amide bonds. The van der Waals surface area contributed by atoms with E-state index in [4.69, 9.17) is 0 Å². The molecule has 0 aliphatic carbocycles. The van der Waals surface area contributed by atoms with Crippen molar-refractivity contribution in [3.05, 3.63) is 5.51 Å². The van der Waals surface area contributed by atoms with E-state index in [1.165, 1.54) is 11.5 Å². The van der Waals surface area contributed by atoms with Gasteiger partial charge in [0.25, 0.3) is 0 Å². The summed E-state index contributed by atoms with van der Waals surface area (Å²) in [6, 6.07) is 0. The van der Waals surface area contributed by atoms with E-state index in [2.05, 4.69) is 14.8 Å². The minimum Gasteiger partial charge on any atom is -0.197 e. The average molecular weight is 121 g/mol. The zero-order valence-electron chi connectivity index (χ0n) is 2.83. The summed E-state index contributed by atoms with van der Waals surface area (Å²) in [6.07, 6.45) is 0. The molecular weight excluding hydrogens is 118 g/mol. The summed E-state index contributed by atoms with van der Waals surface area (Å²) in [4.78, 5) is 0. The van der Waals surface area contributed by atoms with Crippen molar-refractivity contribution < 1.29 is 0 Å². The van der Waals surface area contributed by atoms with E-state index in [-0.39, 0.29) is 13.5 Å². The first kappa shape index (κ1) is 5.84. The maximum absolute atomic E-state index is 3.40. The quantitative estimate of drug-likeness (QED) is 0.486. The molecule has 3 nitrogen and oxygen atoms in total. The third-order valence-corrected chi connectivity index (χ3v) is 0.585. The van der Waals surface area contributed by atoms with Crippen LogP contribution in [-0.2, 0) is 0 Å².